The molecule has 0 bridgehead atoms. The zero-order valence-electron chi connectivity index (χ0n) is 15.4. The minimum atomic E-state index is -0.568. The normalized spacial score (nSPS) is 15.7. The van der Waals surface area contributed by atoms with Gasteiger partial charge in [0.1, 0.15) is 18.2 Å². The fourth-order valence-corrected chi connectivity index (χ4v) is 4.06. The fraction of sp³-hybridized carbons (Fsp3) is 0.174. The highest BCUT2D eigenvalue weighted by atomic mass is 79.9. The first kappa shape index (κ1) is 19.6. The summed E-state index contributed by atoms with van der Waals surface area (Å²) in [6, 6.07) is 18.1. The number of nitrogens with zero attached hydrogens (tertiary/aromatic N) is 1. The van der Waals surface area contributed by atoms with Crippen LogP contribution in [-0.2, 0) is 17.8 Å². The Kier molecular flexibility index (Phi) is 5.62. The molecule has 1 unspecified atom stereocenters. The molecule has 0 saturated carbocycles. The van der Waals surface area contributed by atoms with E-state index in [-0.39, 0.29) is 24.3 Å². The number of benzene rings is 3. The van der Waals surface area contributed by atoms with Gasteiger partial charge in [-0.25, -0.2) is 13.6 Å². The van der Waals surface area contributed by atoms with Crippen LogP contribution in [0.2, 0.25) is 0 Å². The first-order valence-electron chi connectivity index (χ1n) is 9.26. The molecule has 0 spiro atoms. The Labute approximate surface area is 176 Å². The molecule has 4 rings (SSSR count). The van der Waals surface area contributed by atoms with Gasteiger partial charge in [-0.2, -0.15) is 0 Å². The number of carbonyl (C=O) groups is 1. The van der Waals surface area contributed by atoms with Crippen LogP contribution in [0.5, 0.6) is 0 Å². The van der Waals surface area contributed by atoms with Crippen molar-refractivity contribution in [2.75, 3.05) is 4.90 Å². The van der Waals surface area contributed by atoms with Crippen molar-refractivity contribution in [3.05, 3.63) is 99.5 Å². The third-order valence-corrected chi connectivity index (χ3v) is 5.49. The molecule has 0 N–H and O–H groups in total. The van der Waals surface area contributed by atoms with Crippen LogP contribution in [0.25, 0.3) is 0 Å². The highest BCUT2D eigenvalue weighted by Crippen LogP contribution is 2.41. The number of ether oxygens (including phenoxy) is 1. The Morgan fingerprint density at radius 1 is 1.07 bits per heavy atom. The number of halogens is 3. The number of hydrogen-bond acceptors (Lipinski definition) is 2. The molecule has 0 radical (unpaired) electrons. The summed E-state index contributed by atoms with van der Waals surface area (Å²) in [6.45, 7) is 0.109. The molecule has 1 amide bonds. The summed E-state index contributed by atoms with van der Waals surface area (Å²) >= 11 is 3.31. The Bertz CT molecular complexity index is 1030. The van der Waals surface area contributed by atoms with Gasteiger partial charge >= 0.3 is 6.09 Å². The van der Waals surface area contributed by atoms with Crippen LogP contribution in [0.1, 0.15) is 29.2 Å². The van der Waals surface area contributed by atoms with E-state index in [2.05, 4.69) is 15.9 Å². The van der Waals surface area contributed by atoms with Crippen molar-refractivity contribution in [1.82, 2.24) is 0 Å². The number of carbonyl (C=O) groups excluding carboxylic acids is 1. The molecule has 0 aromatic heterocycles. The number of fused-ring (bicyclic) bond motifs is 1. The zero-order chi connectivity index (χ0) is 20.4. The predicted molar refractivity (Wildman–Crippen MR) is 111 cm³/mol. The Morgan fingerprint density at radius 3 is 2.52 bits per heavy atom. The molecule has 0 aliphatic carbocycles. The average molecular weight is 458 g/mol. The highest BCUT2D eigenvalue weighted by molar-refractivity contribution is 9.10. The second-order valence-corrected chi connectivity index (χ2v) is 7.82. The van der Waals surface area contributed by atoms with Crippen molar-refractivity contribution < 1.29 is 18.3 Å². The van der Waals surface area contributed by atoms with Crippen LogP contribution in [0.15, 0.2) is 71.2 Å². The van der Waals surface area contributed by atoms with Crippen molar-refractivity contribution >= 4 is 27.7 Å². The van der Waals surface area contributed by atoms with E-state index in [0.717, 1.165) is 11.1 Å². The zero-order valence-corrected chi connectivity index (χ0v) is 17.0. The topological polar surface area (TPSA) is 29.5 Å². The summed E-state index contributed by atoms with van der Waals surface area (Å²) in [5, 5.41) is 0. The quantitative estimate of drug-likeness (QED) is 0.445. The van der Waals surface area contributed by atoms with Crippen LogP contribution in [0.3, 0.4) is 0 Å². The maximum Gasteiger partial charge on any atom is 0.415 e. The number of anilines is 1. The van der Waals surface area contributed by atoms with Gasteiger partial charge in [0, 0.05) is 10.0 Å². The SMILES string of the molecule is O=C(OCc1ccccc1)N1c2cc(Br)cc(F)c2CCC1c1ccc(F)cc1. The molecular formula is C23H18BrF2NO2. The van der Waals surface area contributed by atoms with E-state index in [1.807, 2.05) is 30.3 Å². The first-order chi connectivity index (χ1) is 14.0. The smallest absolute Gasteiger partial charge is 0.415 e. The fourth-order valence-electron chi connectivity index (χ4n) is 3.65. The monoisotopic (exact) mass is 457 g/mol. The molecule has 1 heterocycles. The summed E-state index contributed by atoms with van der Waals surface area (Å²) in [4.78, 5) is 14.6. The lowest BCUT2D eigenvalue weighted by Crippen LogP contribution is -2.39. The van der Waals surface area contributed by atoms with Gasteiger partial charge in [0.15, 0.2) is 0 Å². The standard InChI is InChI=1S/C23H18BrF2NO2/c24-17-12-20(26)19-10-11-21(16-6-8-18(25)9-7-16)27(22(19)13-17)23(28)29-14-15-4-2-1-3-5-15/h1-9,12-13,21H,10-11,14H2. The van der Waals surface area contributed by atoms with Crippen molar-refractivity contribution in [2.24, 2.45) is 0 Å². The van der Waals surface area contributed by atoms with Crippen molar-refractivity contribution in [3.8, 4) is 0 Å². The van der Waals surface area contributed by atoms with E-state index in [1.54, 1.807) is 18.2 Å². The molecule has 29 heavy (non-hydrogen) atoms. The third kappa shape index (κ3) is 4.17. The van der Waals surface area contributed by atoms with E-state index in [4.69, 9.17) is 4.74 Å². The molecule has 3 aromatic rings. The molecule has 1 aliphatic heterocycles. The van der Waals surface area contributed by atoms with Gasteiger partial charge in [-0.3, -0.25) is 4.90 Å². The molecule has 0 saturated heterocycles. The molecule has 3 nitrogen and oxygen atoms in total. The molecular weight excluding hydrogens is 440 g/mol. The minimum absolute atomic E-state index is 0.109. The number of hydrogen-bond donors (Lipinski definition) is 0. The summed E-state index contributed by atoms with van der Waals surface area (Å²) in [7, 11) is 0. The maximum atomic E-state index is 14.5. The summed E-state index contributed by atoms with van der Waals surface area (Å²) in [5.74, 6) is -0.718. The number of rotatable bonds is 3. The Balaban J connectivity index is 1.70. The largest absolute Gasteiger partial charge is 0.444 e. The first-order valence-corrected chi connectivity index (χ1v) is 10.1. The van der Waals surface area contributed by atoms with Crippen LogP contribution in [-0.4, -0.2) is 6.09 Å². The van der Waals surface area contributed by atoms with Crippen molar-refractivity contribution in [2.45, 2.75) is 25.5 Å². The maximum absolute atomic E-state index is 14.5. The van der Waals surface area contributed by atoms with Gasteiger partial charge in [0.25, 0.3) is 0 Å². The molecule has 148 valence electrons. The van der Waals surface area contributed by atoms with E-state index < -0.39 is 6.09 Å². The summed E-state index contributed by atoms with van der Waals surface area (Å²) < 4.78 is 34.0. The molecule has 1 aliphatic rings. The molecule has 3 aromatic carbocycles. The highest BCUT2D eigenvalue weighted by Gasteiger charge is 2.35. The third-order valence-electron chi connectivity index (χ3n) is 5.03. The van der Waals surface area contributed by atoms with Crippen LogP contribution in [0.4, 0.5) is 19.3 Å². The van der Waals surface area contributed by atoms with Gasteiger partial charge < -0.3 is 4.74 Å². The van der Waals surface area contributed by atoms with E-state index in [0.29, 0.717) is 28.6 Å². The van der Waals surface area contributed by atoms with Gasteiger partial charge in [-0.1, -0.05) is 58.4 Å². The number of amides is 1. The second-order valence-electron chi connectivity index (χ2n) is 6.90. The Hall–Kier alpha value is -2.73. The average Bonchev–Trinajstić information content (AvgIpc) is 2.72. The van der Waals surface area contributed by atoms with Gasteiger partial charge in [0.2, 0.25) is 0 Å². The van der Waals surface area contributed by atoms with Crippen LogP contribution < -0.4 is 4.90 Å². The second kappa shape index (κ2) is 8.33. The molecule has 6 heteroatoms. The lowest BCUT2D eigenvalue weighted by atomic mass is 9.91. The molecule has 1 atom stereocenters. The lowest BCUT2D eigenvalue weighted by Gasteiger charge is -2.37. The predicted octanol–water partition coefficient (Wildman–Crippen LogP) is 6.56. The summed E-state index contributed by atoms with van der Waals surface area (Å²) in [5.41, 5.74) is 2.57. The minimum Gasteiger partial charge on any atom is -0.444 e. The van der Waals surface area contributed by atoms with Gasteiger partial charge in [0.05, 0.1) is 11.7 Å². The molecule has 0 fully saturated rings. The van der Waals surface area contributed by atoms with Crippen LogP contribution >= 0.6 is 15.9 Å². The lowest BCUT2D eigenvalue weighted by molar-refractivity contribution is 0.143. The van der Waals surface area contributed by atoms with Gasteiger partial charge in [-0.15, -0.1) is 0 Å². The summed E-state index contributed by atoms with van der Waals surface area (Å²) in [6.07, 6.45) is 0.415. The van der Waals surface area contributed by atoms with E-state index >= 15 is 0 Å². The van der Waals surface area contributed by atoms with Crippen molar-refractivity contribution in [1.29, 1.82) is 0 Å². The van der Waals surface area contributed by atoms with E-state index in [9.17, 15) is 13.6 Å². The van der Waals surface area contributed by atoms with Crippen LogP contribution in [0, 0.1) is 11.6 Å². The van der Waals surface area contributed by atoms with E-state index in [1.165, 1.54) is 23.1 Å². The van der Waals surface area contributed by atoms with Gasteiger partial charge in [-0.05, 0) is 48.2 Å². The van der Waals surface area contributed by atoms with Crippen molar-refractivity contribution in [3.63, 3.8) is 0 Å². The Morgan fingerprint density at radius 2 is 1.79 bits per heavy atom.